The molecule has 2 N–H and O–H groups in total. The lowest BCUT2D eigenvalue weighted by Gasteiger charge is -1.99. The minimum Gasteiger partial charge on any atom is -0.398 e. The van der Waals surface area contributed by atoms with E-state index in [-0.39, 0.29) is 10.9 Å². The van der Waals surface area contributed by atoms with Gasteiger partial charge in [0, 0.05) is 11.3 Å². The number of halogens is 2. The topological polar surface area (TPSA) is 64.9 Å². The van der Waals surface area contributed by atoms with Crippen molar-refractivity contribution in [2.24, 2.45) is 0 Å². The molecule has 0 radical (unpaired) electrons. The molecule has 2 aromatic carbocycles. The number of benzene rings is 2. The molecule has 1 heterocycles. The third-order valence-corrected chi connectivity index (χ3v) is 3.10. The first-order valence-corrected chi connectivity index (χ1v) is 6.17. The predicted octanol–water partition coefficient (Wildman–Crippen LogP) is 3.78. The maximum atomic E-state index is 13.0. The van der Waals surface area contributed by atoms with Gasteiger partial charge < -0.3 is 10.3 Å². The van der Waals surface area contributed by atoms with Crippen LogP contribution in [0, 0.1) is 5.82 Å². The smallest absolute Gasteiger partial charge is 0.259 e. The Kier molecular flexibility index (Phi) is 3.12. The Hall–Kier alpha value is -2.40. The highest BCUT2D eigenvalue weighted by Gasteiger charge is 2.15. The van der Waals surface area contributed by atoms with Gasteiger partial charge in [0.1, 0.15) is 5.82 Å². The van der Waals surface area contributed by atoms with E-state index in [0.29, 0.717) is 22.6 Å². The summed E-state index contributed by atoms with van der Waals surface area (Å²) in [6.45, 7) is 0. The average molecular weight is 290 g/mol. The molecule has 100 valence electrons. The van der Waals surface area contributed by atoms with Gasteiger partial charge in [0.25, 0.3) is 5.89 Å². The van der Waals surface area contributed by atoms with Gasteiger partial charge in [-0.1, -0.05) is 28.9 Å². The number of para-hydroxylation sites is 1. The fraction of sp³-hybridized carbons (Fsp3) is 0. The molecule has 0 spiro atoms. The quantitative estimate of drug-likeness (QED) is 0.729. The molecular formula is C14H9ClFN3O. The van der Waals surface area contributed by atoms with E-state index in [1.165, 1.54) is 18.2 Å². The van der Waals surface area contributed by atoms with Gasteiger partial charge in [0.15, 0.2) is 0 Å². The molecule has 0 atom stereocenters. The Morgan fingerprint density at radius 1 is 1.10 bits per heavy atom. The summed E-state index contributed by atoms with van der Waals surface area (Å²) in [7, 11) is 0. The van der Waals surface area contributed by atoms with Crippen molar-refractivity contribution in [2.45, 2.75) is 0 Å². The van der Waals surface area contributed by atoms with E-state index in [2.05, 4.69) is 10.1 Å². The maximum absolute atomic E-state index is 13.0. The Balaban J connectivity index is 2.04. The molecule has 0 aliphatic rings. The van der Waals surface area contributed by atoms with Crippen LogP contribution in [0.3, 0.4) is 0 Å². The summed E-state index contributed by atoms with van der Waals surface area (Å²) < 4.78 is 18.2. The van der Waals surface area contributed by atoms with Crippen LogP contribution in [0.1, 0.15) is 0 Å². The highest BCUT2D eigenvalue weighted by molar-refractivity contribution is 6.33. The summed E-state index contributed by atoms with van der Waals surface area (Å²) in [5, 5.41) is 4.08. The van der Waals surface area contributed by atoms with E-state index < -0.39 is 5.82 Å². The molecule has 0 saturated carbocycles. The molecule has 0 aliphatic heterocycles. The van der Waals surface area contributed by atoms with E-state index >= 15 is 0 Å². The first-order valence-electron chi connectivity index (χ1n) is 5.79. The Labute approximate surface area is 119 Å². The SMILES string of the molecule is Nc1ccccc1-c1noc(-c2ccc(F)cc2Cl)n1. The fourth-order valence-electron chi connectivity index (χ4n) is 1.81. The van der Waals surface area contributed by atoms with Crippen molar-refractivity contribution in [1.29, 1.82) is 0 Å². The molecule has 20 heavy (non-hydrogen) atoms. The van der Waals surface area contributed by atoms with Gasteiger partial charge in [-0.3, -0.25) is 0 Å². The van der Waals surface area contributed by atoms with Gasteiger partial charge >= 0.3 is 0 Å². The summed E-state index contributed by atoms with van der Waals surface area (Å²) in [6.07, 6.45) is 0. The third kappa shape index (κ3) is 2.23. The average Bonchev–Trinajstić information content (AvgIpc) is 2.88. The van der Waals surface area contributed by atoms with Crippen molar-refractivity contribution < 1.29 is 8.91 Å². The molecule has 0 saturated heterocycles. The number of rotatable bonds is 2. The molecule has 4 nitrogen and oxygen atoms in total. The zero-order chi connectivity index (χ0) is 14.1. The van der Waals surface area contributed by atoms with Crippen LogP contribution in [0.15, 0.2) is 47.0 Å². The minimum absolute atomic E-state index is 0.209. The summed E-state index contributed by atoms with van der Waals surface area (Å²) in [4.78, 5) is 4.24. The van der Waals surface area contributed by atoms with Gasteiger partial charge in [-0.25, -0.2) is 4.39 Å². The van der Waals surface area contributed by atoms with Crippen molar-refractivity contribution in [3.05, 3.63) is 53.3 Å². The number of hydrogen-bond acceptors (Lipinski definition) is 4. The molecule has 0 amide bonds. The molecule has 0 fully saturated rings. The first kappa shape index (κ1) is 12.6. The van der Waals surface area contributed by atoms with E-state index in [1.807, 2.05) is 12.1 Å². The number of nitrogen functional groups attached to an aromatic ring is 1. The van der Waals surface area contributed by atoms with Crippen molar-refractivity contribution in [3.8, 4) is 22.8 Å². The minimum atomic E-state index is -0.425. The van der Waals surface area contributed by atoms with Crippen LogP contribution >= 0.6 is 11.6 Å². The lowest BCUT2D eigenvalue weighted by Crippen LogP contribution is -1.90. The Morgan fingerprint density at radius 2 is 1.90 bits per heavy atom. The Morgan fingerprint density at radius 3 is 2.65 bits per heavy atom. The maximum Gasteiger partial charge on any atom is 0.259 e. The molecule has 0 unspecified atom stereocenters. The first-order chi connectivity index (χ1) is 9.65. The van der Waals surface area contributed by atoms with Crippen molar-refractivity contribution in [3.63, 3.8) is 0 Å². The van der Waals surface area contributed by atoms with E-state index in [0.717, 1.165) is 0 Å². The van der Waals surface area contributed by atoms with Crippen LogP contribution in [0.4, 0.5) is 10.1 Å². The molecule has 3 aromatic rings. The molecule has 1 aromatic heterocycles. The van der Waals surface area contributed by atoms with Crippen molar-refractivity contribution in [2.75, 3.05) is 5.73 Å². The van der Waals surface area contributed by atoms with Crippen LogP contribution in [-0.2, 0) is 0 Å². The van der Waals surface area contributed by atoms with Gasteiger partial charge in [0.2, 0.25) is 5.82 Å². The number of hydrogen-bond donors (Lipinski definition) is 1. The fourth-order valence-corrected chi connectivity index (χ4v) is 2.05. The number of aromatic nitrogens is 2. The highest BCUT2D eigenvalue weighted by atomic mass is 35.5. The summed E-state index contributed by atoms with van der Waals surface area (Å²) >= 11 is 5.96. The van der Waals surface area contributed by atoms with Crippen molar-refractivity contribution in [1.82, 2.24) is 10.1 Å². The van der Waals surface area contributed by atoms with Crippen molar-refractivity contribution >= 4 is 17.3 Å². The number of anilines is 1. The van der Waals surface area contributed by atoms with Crippen LogP contribution < -0.4 is 5.73 Å². The highest BCUT2D eigenvalue weighted by Crippen LogP contribution is 2.30. The second kappa shape index (κ2) is 4.94. The second-order valence-corrected chi connectivity index (χ2v) is 4.54. The standard InChI is InChI=1S/C14H9ClFN3O/c15-11-7-8(16)5-6-9(11)14-18-13(19-20-14)10-3-1-2-4-12(10)17/h1-7H,17H2. The summed E-state index contributed by atoms with van der Waals surface area (Å²) in [6, 6.07) is 11.1. The molecular weight excluding hydrogens is 281 g/mol. The lowest BCUT2D eigenvalue weighted by atomic mass is 10.1. The largest absolute Gasteiger partial charge is 0.398 e. The van der Waals surface area contributed by atoms with Crippen LogP contribution in [0.2, 0.25) is 5.02 Å². The van der Waals surface area contributed by atoms with E-state index in [9.17, 15) is 4.39 Å². The predicted molar refractivity (Wildman–Crippen MR) is 74.6 cm³/mol. The number of nitrogens with two attached hydrogens (primary N) is 1. The second-order valence-electron chi connectivity index (χ2n) is 4.13. The molecule has 3 rings (SSSR count). The Bertz CT molecular complexity index is 773. The summed E-state index contributed by atoms with van der Waals surface area (Å²) in [5.41, 5.74) is 7.54. The van der Waals surface area contributed by atoms with Crippen LogP contribution in [0.25, 0.3) is 22.8 Å². The van der Waals surface area contributed by atoms with Gasteiger partial charge in [0.05, 0.1) is 10.6 Å². The molecule has 0 aliphatic carbocycles. The van der Waals surface area contributed by atoms with E-state index in [4.69, 9.17) is 21.9 Å². The zero-order valence-electron chi connectivity index (χ0n) is 10.2. The monoisotopic (exact) mass is 289 g/mol. The summed E-state index contributed by atoms with van der Waals surface area (Å²) in [5.74, 6) is 0.150. The molecule has 6 heteroatoms. The third-order valence-electron chi connectivity index (χ3n) is 2.79. The van der Waals surface area contributed by atoms with Gasteiger partial charge in [-0.05, 0) is 30.3 Å². The van der Waals surface area contributed by atoms with Gasteiger partial charge in [-0.2, -0.15) is 4.98 Å². The van der Waals surface area contributed by atoms with Crippen LogP contribution in [-0.4, -0.2) is 10.1 Å². The number of nitrogens with zero attached hydrogens (tertiary/aromatic N) is 2. The zero-order valence-corrected chi connectivity index (χ0v) is 10.9. The van der Waals surface area contributed by atoms with Crippen LogP contribution in [0.5, 0.6) is 0 Å². The van der Waals surface area contributed by atoms with Gasteiger partial charge in [-0.15, -0.1) is 0 Å². The lowest BCUT2D eigenvalue weighted by molar-refractivity contribution is 0.432. The normalized spacial score (nSPS) is 10.7. The van der Waals surface area contributed by atoms with E-state index in [1.54, 1.807) is 12.1 Å². The molecule has 0 bridgehead atoms.